The predicted octanol–water partition coefficient (Wildman–Crippen LogP) is 7.21. The fourth-order valence-electron chi connectivity index (χ4n) is 2.26. The van der Waals surface area contributed by atoms with Crippen molar-refractivity contribution in [2.24, 2.45) is 0 Å². The van der Waals surface area contributed by atoms with Gasteiger partial charge in [-0.3, -0.25) is 0 Å². The summed E-state index contributed by atoms with van der Waals surface area (Å²) in [4.78, 5) is 0. The SMILES string of the molecule is CCCCCCC/C=C/C=C/CCCCCCCC. The Kier molecular flexibility index (Phi) is 17.0. The fraction of sp³-hybridized carbons (Fsp3) is 0.789. The largest absolute Gasteiger partial charge is 0.0845 e. The van der Waals surface area contributed by atoms with E-state index in [1.165, 1.54) is 83.5 Å². The van der Waals surface area contributed by atoms with Gasteiger partial charge in [0.25, 0.3) is 0 Å². The van der Waals surface area contributed by atoms with Gasteiger partial charge in [0.05, 0.1) is 0 Å². The topological polar surface area (TPSA) is 0 Å². The summed E-state index contributed by atoms with van der Waals surface area (Å²) in [5.74, 6) is 0. The number of rotatable bonds is 14. The molecule has 0 aromatic rings. The Bertz CT molecular complexity index is 200. The lowest BCUT2D eigenvalue weighted by Crippen LogP contribution is -1.77. The molecular weight excluding hydrogens is 228 g/mol. The van der Waals surface area contributed by atoms with E-state index < -0.39 is 0 Å². The Balaban J connectivity index is 3.15. The van der Waals surface area contributed by atoms with E-state index in [1.807, 2.05) is 0 Å². The van der Waals surface area contributed by atoms with Gasteiger partial charge in [0.15, 0.2) is 0 Å². The minimum absolute atomic E-state index is 1.26. The highest BCUT2D eigenvalue weighted by molar-refractivity contribution is 5.02. The lowest BCUT2D eigenvalue weighted by molar-refractivity contribution is 0.611. The summed E-state index contributed by atoms with van der Waals surface area (Å²) in [5.41, 5.74) is 0. The molecule has 0 rings (SSSR count). The molecule has 0 aromatic carbocycles. The molecule has 0 aliphatic rings. The van der Waals surface area contributed by atoms with Crippen molar-refractivity contribution in [2.45, 2.75) is 97.3 Å². The molecule has 0 unspecified atom stereocenters. The third-order valence-electron chi connectivity index (χ3n) is 3.58. The van der Waals surface area contributed by atoms with E-state index >= 15 is 0 Å². The average molecular weight is 264 g/mol. The zero-order chi connectivity index (χ0) is 14.0. The van der Waals surface area contributed by atoms with E-state index in [0.717, 1.165) is 0 Å². The molecule has 112 valence electrons. The molecule has 0 saturated carbocycles. The highest BCUT2D eigenvalue weighted by Crippen LogP contribution is 2.07. The van der Waals surface area contributed by atoms with Gasteiger partial charge in [-0.25, -0.2) is 0 Å². The fourth-order valence-corrected chi connectivity index (χ4v) is 2.26. The molecule has 0 heterocycles. The molecule has 19 heavy (non-hydrogen) atoms. The molecule has 0 atom stereocenters. The Labute approximate surface area is 122 Å². The van der Waals surface area contributed by atoms with E-state index in [1.54, 1.807) is 0 Å². The zero-order valence-electron chi connectivity index (χ0n) is 13.5. The lowest BCUT2D eigenvalue weighted by Gasteiger charge is -1.97. The summed E-state index contributed by atoms with van der Waals surface area (Å²) < 4.78 is 0. The third kappa shape index (κ3) is 17.5. The van der Waals surface area contributed by atoms with Crippen molar-refractivity contribution in [3.05, 3.63) is 24.3 Å². The van der Waals surface area contributed by atoms with Crippen molar-refractivity contribution in [1.82, 2.24) is 0 Å². The Morgan fingerprint density at radius 3 is 1.26 bits per heavy atom. The van der Waals surface area contributed by atoms with Gasteiger partial charge in [0.2, 0.25) is 0 Å². The van der Waals surface area contributed by atoms with Gasteiger partial charge in [-0.1, -0.05) is 95.9 Å². The quantitative estimate of drug-likeness (QED) is 0.230. The summed E-state index contributed by atoms with van der Waals surface area (Å²) >= 11 is 0. The Morgan fingerprint density at radius 1 is 0.474 bits per heavy atom. The number of hydrogen-bond donors (Lipinski definition) is 0. The lowest BCUT2D eigenvalue weighted by atomic mass is 10.1. The van der Waals surface area contributed by atoms with E-state index in [0.29, 0.717) is 0 Å². The maximum atomic E-state index is 2.33. The van der Waals surface area contributed by atoms with Crippen molar-refractivity contribution in [3.8, 4) is 0 Å². The normalized spacial score (nSPS) is 11.9. The first-order chi connectivity index (χ1) is 9.41. The first-order valence-electron chi connectivity index (χ1n) is 8.73. The van der Waals surface area contributed by atoms with Crippen LogP contribution in [0.15, 0.2) is 24.3 Å². The van der Waals surface area contributed by atoms with Crippen LogP contribution in [-0.2, 0) is 0 Å². The zero-order valence-corrected chi connectivity index (χ0v) is 13.5. The van der Waals surface area contributed by atoms with Crippen molar-refractivity contribution in [2.75, 3.05) is 0 Å². The third-order valence-corrected chi connectivity index (χ3v) is 3.58. The average Bonchev–Trinajstić information content (AvgIpc) is 2.43. The molecule has 0 aliphatic heterocycles. The summed E-state index contributed by atoms with van der Waals surface area (Å²) in [6.45, 7) is 4.55. The van der Waals surface area contributed by atoms with Crippen LogP contribution >= 0.6 is 0 Å². The molecule has 0 radical (unpaired) electrons. The number of allylic oxidation sites excluding steroid dienone is 4. The highest BCUT2D eigenvalue weighted by Gasteiger charge is 1.88. The molecule has 0 saturated heterocycles. The molecule has 0 fully saturated rings. The van der Waals surface area contributed by atoms with Gasteiger partial charge >= 0.3 is 0 Å². The van der Waals surface area contributed by atoms with Crippen molar-refractivity contribution in [3.63, 3.8) is 0 Å². The van der Waals surface area contributed by atoms with Gasteiger partial charge in [-0.05, 0) is 25.7 Å². The summed E-state index contributed by atoms with van der Waals surface area (Å²) in [5, 5.41) is 0. The van der Waals surface area contributed by atoms with Crippen LogP contribution < -0.4 is 0 Å². The van der Waals surface area contributed by atoms with Crippen molar-refractivity contribution >= 4 is 0 Å². The molecule has 0 aliphatic carbocycles. The van der Waals surface area contributed by atoms with Crippen LogP contribution in [0.25, 0.3) is 0 Å². The molecule has 0 nitrogen and oxygen atoms in total. The molecule has 0 bridgehead atoms. The summed E-state index contributed by atoms with van der Waals surface area (Å²) in [6, 6.07) is 0. The maximum Gasteiger partial charge on any atom is -0.0348 e. The highest BCUT2D eigenvalue weighted by atomic mass is 13.9. The van der Waals surface area contributed by atoms with Crippen LogP contribution in [0, 0.1) is 0 Å². The maximum absolute atomic E-state index is 2.33. The molecule has 0 aromatic heterocycles. The standard InChI is InChI=1S/C19H36/c1-3-5-7-9-11-13-15-17-19-18-16-14-12-10-8-6-4-2/h15,17-19H,3-14,16H2,1-2H3/b17-15+,19-18+. The van der Waals surface area contributed by atoms with Crippen LogP contribution in [0.1, 0.15) is 97.3 Å². The van der Waals surface area contributed by atoms with Crippen LogP contribution in [0.5, 0.6) is 0 Å². The van der Waals surface area contributed by atoms with E-state index in [-0.39, 0.29) is 0 Å². The second-order valence-electron chi connectivity index (χ2n) is 5.62. The number of unbranched alkanes of at least 4 members (excludes halogenated alkanes) is 11. The predicted molar refractivity (Wildman–Crippen MR) is 89.6 cm³/mol. The van der Waals surface area contributed by atoms with Crippen LogP contribution in [0.2, 0.25) is 0 Å². The number of hydrogen-bond acceptors (Lipinski definition) is 0. The smallest absolute Gasteiger partial charge is 0.0348 e. The molecule has 0 heteroatoms. The first-order valence-corrected chi connectivity index (χ1v) is 8.73. The van der Waals surface area contributed by atoms with Crippen molar-refractivity contribution < 1.29 is 0 Å². The minimum atomic E-state index is 1.26. The minimum Gasteiger partial charge on any atom is -0.0845 e. The van der Waals surface area contributed by atoms with E-state index in [9.17, 15) is 0 Å². The Hall–Kier alpha value is -0.520. The molecule has 0 spiro atoms. The second-order valence-corrected chi connectivity index (χ2v) is 5.62. The van der Waals surface area contributed by atoms with Gasteiger partial charge < -0.3 is 0 Å². The molecular formula is C19H36. The van der Waals surface area contributed by atoms with E-state index in [2.05, 4.69) is 38.2 Å². The Morgan fingerprint density at radius 2 is 0.842 bits per heavy atom. The van der Waals surface area contributed by atoms with Gasteiger partial charge in [-0.2, -0.15) is 0 Å². The van der Waals surface area contributed by atoms with Gasteiger partial charge in [0, 0.05) is 0 Å². The monoisotopic (exact) mass is 264 g/mol. The van der Waals surface area contributed by atoms with Crippen molar-refractivity contribution in [1.29, 1.82) is 0 Å². The second kappa shape index (κ2) is 17.5. The van der Waals surface area contributed by atoms with E-state index in [4.69, 9.17) is 0 Å². The van der Waals surface area contributed by atoms with Crippen LogP contribution in [0.3, 0.4) is 0 Å². The molecule has 0 N–H and O–H groups in total. The summed E-state index contributed by atoms with van der Waals surface area (Å²) in [6.07, 6.45) is 27.0. The summed E-state index contributed by atoms with van der Waals surface area (Å²) in [7, 11) is 0. The molecule has 0 amide bonds. The first kappa shape index (κ1) is 18.5. The van der Waals surface area contributed by atoms with Gasteiger partial charge in [-0.15, -0.1) is 0 Å². The van der Waals surface area contributed by atoms with Gasteiger partial charge in [0.1, 0.15) is 0 Å². The van der Waals surface area contributed by atoms with Crippen LogP contribution in [-0.4, -0.2) is 0 Å². The van der Waals surface area contributed by atoms with Crippen LogP contribution in [0.4, 0.5) is 0 Å².